The summed E-state index contributed by atoms with van der Waals surface area (Å²) in [5.74, 6) is -0.773. The molecule has 1 aliphatic carbocycles. The SMILES string of the molecule is CCN(CC(=O)O)C1CC(NC(=O)CN(C)Cc2ccccc2)C1. The highest BCUT2D eigenvalue weighted by atomic mass is 16.4. The molecule has 0 heterocycles. The second-order valence-electron chi connectivity index (χ2n) is 6.50. The highest BCUT2D eigenvalue weighted by molar-refractivity contribution is 5.78. The van der Waals surface area contributed by atoms with Crippen LogP contribution in [0.1, 0.15) is 25.3 Å². The maximum absolute atomic E-state index is 12.1. The number of carboxylic acids is 1. The van der Waals surface area contributed by atoms with Gasteiger partial charge in [0.05, 0.1) is 13.1 Å². The molecule has 132 valence electrons. The zero-order valence-corrected chi connectivity index (χ0v) is 14.4. The van der Waals surface area contributed by atoms with E-state index >= 15 is 0 Å². The van der Waals surface area contributed by atoms with Crippen LogP contribution in [0.5, 0.6) is 0 Å². The molecule has 6 nitrogen and oxygen atoms in total. The Morgan fingerprint density at radius 2 is 1.88 bits per heavy atom. The van der Waals surface area contributed by atoms with Gasteiger partial charge in [0.15, 0.2) is 0 Å². The highest BCUT2D eigenvalue weighted by Crippen LogP contribution is 2.25. The molecular formula is C18H27N3O3. The van der Waals surface area contributed by atoms with Crippen LogP contribution in [-0.2, 0) is 16.1 Å². The quantitative estimate of drug-likeness (QED) is 0.710. The fraction of sp³-hybridized carbons (Fsp3) is 0.556. The number of benzene rings is 1. The van der Waals surface area contributed by atoms with Crippen LogP contribution in [-0.4, -0.2) is 65.5 Å². The molecule has 0 bridgehead atoms. The average Bonchev–Trinajstić information content (AvgIpc) is 2.49. The van der Waals surface area contributed by atoms with E-state index in [1.54, 1.807) is 0 Å². The second kappa shape index (κ2) is 8.80. The fourth-order valence-electron chi connectivity index (χ4n) is 3.15. The molecule has 0 saturated heterocycles. The second-order valence-corrected chi connectivity index (χ2v) is 6.50. The molecule has 0 radical (unpaired) electrons. The van der Waals surface area contributed by atoms with Crippen LogP contribution in [0.4, 0.5) is 0 Å². The topological polar surface area (TPSA) is 72.9 Å². The van der Waals surface area contributed by atoms with E-state index < -0.39 is 5.97 Å². The van der Waals surface area contributed by atoms with E-state index in [0.29, 0.717) is 6.54 Å². The molecule has 24 heavy (non-hydrogen) atoms. The Bertz CT molecular complexity index is 544. The van der Waals surface area contributed by atoms with Gasteiger partial charge >= 0.3 is 5.97 Å². The van der Waals surface area contributed by atoms with Crippen LogP contribution < -0.4 is 5.32 Å². The number of likely N-dealkylation sites (N-methyl/N-ethyl adjacent to an activating group) is 2. The van der Waals surface area contributed by atoms with Crippen LogP contribution in [0.2, 0.25) is 0 Å². The molecule has 2 rings (SSSR count). The van der Waals surface area contributed by atoms with E-state index in [1.165, 1.54) is 5.56 Å². The van der Waals surface area contributed by atoms with Crippen molar-refractivity contribution < 1.29 is 14.7 Å². The Hall–Kier alpha value is -1.92. The van der Waals surface area contributed by atoms with Crippen molar-refractivity contribution in [3.05, 3.63) is 35.9 Å². The van der Waals surface area contributed by atoms with Gasteiger partial charge in [-0.3, -0.25) is 19.4 Å². The smallest absolute Gasteiger partial charge is 0.317 e. The van der Waals surface area contributed by atoms with Gasteiger partial charge in [0.25, 0.3) is 0 Å². The number of hydrogen-bond donors (Lipinski definition) is 2. The number of carbonyl (C=O) groups excluding carboxylic acids is 1. The Labute approximate surface area is 143 Å². The molecule has 0 aromatic heterocycles. The van der Waals surface area contributed by atoms with Gasteiger partial charge < -0.3 is 10.4 Å². The molecule has 1 fully saturated rings. The summed E-state index contributed by atoms with van der Waals surface area (Å²) in [4.78, 5) is 26.9. The Morgan fingerprint density at radius 1 is 1.21 bits per heavy atom. The molecule has 0 spiro atoms. The van der Waals surface area contributed by atoms with E-state index in [1.807, 2.05) is 54.1 Å². The van der Waals surface area contributed by atoms with Crippen LogP contribution in [0.3, 0.4) is 0 Å². The first-order chi connectivity index (χ1) is 11.5. The maximum atomic E-state index is 12.1. The number of aliphatic carboxylic acids is 1. The van der Waals surface area contributed by atoms with Gasteiger partial charge in [0.2, 0.25) is 5.91 Å². The minimum atomic E-state index is -0.799. The Kier molecular flexibility index (Phi) is 6.75. The third kappa shape index (κ3) is 5.62. The van der Waals surface area contributed by atoms with Crippen molar-refractivity contribution in [2.24, 2.45) is 0 Å². The summed E-state index contributed by atoms with van der Waals surface area (Å²) in [6, 6.07) is 10.5. The van der Waals surface area contributed by atoms with E-state index in [9.17, 15) is 9.59 Å². The lowest BCUT2D eigenvalue weighted by Crippen LogP contribution is -2.55. The van der Waals surface area contributed by atoms with Gasteiger partial charge in [-0.15, -0.1) is 0 Å². The predicted octanol–water partition coefficient (Wildman–Crippen LogP) is 1.17. The van der Waals surface area contributed by atoms with Crippen molar-refractivity contribution in [2.45, 2.75) is 38.4 Å². The Morgan fingerprint density at radius 3 is 2.46 bits per heavy atom. The van der Waals surface area contributed by atoms with E-state index in [4.69, 9.17) is 5.11 Å². The molecule has 6 heteroatoms. The van der Waals surface area contributed by atoms with Crippen molar-refractivity contribution in [2.75, 3.05) is 26.7 Å². The summed E-state index contributed by atoms with van der Waals surface area (Å²) >= 11 is 0. The Balaban J connectivity index is 1.68. The summed E-state index contributed by atoms with van der Waals surface area (Å²) in [7, 11) is 1.93. The van der Waals surface area contributed by atoms with Crippen molar-refractivity contribution in [3.63, 3.8) is 0 Å². The van der Waals surface area contributed by atoms with Crippen LogP contribution in [0.15, 0.2) is 30.3 Å². The zero-order valence-electron chi connectivity index (χ0n) is 14.4. The lowest BCUT2D eigenvalue weighted by Gasteiger charge is -2.42. The molecular weight excluding hydrogens is 306 g/mol. The molecule has 0 atom stereocenters. The largest absolute Gasteiger partial charge is 0.480 e. The van der Waals surface area contributed by atoms with Crippen LogP contribution >= 0.6 is 0 Å². The number of nitrogens with zero attached hydrogens (tertiary/aromatic N) is 2. The first kappa shape index (κ1) is 18.4. The zero-order chi connectivity index (χ0) is 17.5. The highest BCUT2D eigenvalue weighted by Gasteiger charge is 2.34. The normalized spacial score (nSPS) is 20.0. The first-order valence-electron chi connectivity index (χ1n) is 8.45. The van der Waals surface area contributed by atoms with Gasteiger partial charge in [-0.25, -0.2) is 0 Å². The van der Waals surface area contributed by atoms with Gasteiger partial charge in [-0.2, -0.15) is 0 Å². The van der Waals surface area contributed by atoms with Crippen LogP contribution in [0.25, 0.3) is 0 Å². The van der Waals surface area contributed by atoms with E-state index in [0.717, 1.165) is 25.9 Å². The number of nitrogens with one attached hydrogen (secondary N) is 1. The number of carbonyl (C=O) groups is 2. The first-order valence-corrected chi connectivity index (χ1v) is 8.45. The number of rotatable bonds is 9. The lowest BCUT2D eigenvalue weighted by molar-refractivity contribution is -0.139. The summed E-state index contributed by atoms with van der Waals surface area (Å²) in [6.45, 7) is 3.86. The number of hydrogen-bond acceptors (Lipinski definition) is 4. The molecule has 1 amide bonds. The summed E-state index contributed by atoms with van der Waals surface area (Å²) in [5, 5.41) is 11.9. The monoisotopic (exact) mass is 333 g/mol. The van der Waals surface area contributed by atoms with Crippen molar-refractivity contribution in [3.8, 4) is 0 Å². The number of carboxylic acid groups (broad SMARTS) is 1. The van der Waals surface area contributed by atoms with Crippen molar-refractivity contribution in [1.82, 2.24) is 15.1 Å². The summed E-state index contributed by atoms with van der Waals surface area (Å²) < 4.78 is 0. The molecule has 0 unspecified atom stereocenters. The molecule has 1 aromatic rings. The number of amides is 1. The van der Waals surface area contributed by atoms with Gasteiger partial charge in [-0.05, 0) is 32.0 Å². The van der Waals surface area contributed by atoms with Gasteiger partial charge in [-0.1, -0.05) is 37.3 Å². The molecule has 1 saturated carbocycles. The molecule has 1 aliphatic rings. The molecule has 2 N–H and O–H groups in total. The fourth-order valence-corrected chi connectivity index (χ4v) is 3.15. The summed E-state index contributed by atoms with van der Waals surface area (Å²) in [5.41, 5.74) is 1.18. The molecule has 0 aliphatic heterocycles. The van der Waals surface area contributed by atoms with E-state index in [2.05, 4.69) is 5.32 Å². The minimum Gasteiger partial charge on any atom is -0.480 e. The summed E-state index contributed by atoms with van der Waals surface area (Å²) in [6.07, 6.45) is 1.66. The third-order valence-electron chi connectivity index (χ3n) is 4.45. The van der Waals surface area contributed by atoms with Crippen molar-refractivity contribution >= 4 is 11.9 Å². The standard InChI is InChI=1S/C18H27N3O3/c1-3-21(13-18(23)24)16-9-15(10-16)19-17(22)12-20(2)11-14-7-5-4-6-8-14/h4-8,15-16H,3,9-13H2,1-2H3,(H,19,22)(H,23,24). The van der Waals surface area contributed by atoms with E-state index in [-0.39, 0.29) is 24.5 Å². The predicted molar refractivity (Wildman–Crippen MR) is 92.6 cm³/mol. The minimum absolute atomic E-state index is 0.0261. The average molecular weight is 333 g/mol. The third-order valence-corrected chi connectivity index (χ3v) is 4.45. The van der Waals surface area contributed by atoms with Gasteiger partial charge in [0.1, 0.15) is 0 Å². The van der Waals surface area contributed by atoms with Crippen molar-refractivity contribution in [1.29, 1.82) is 0 Å². The van der Waals surface area contributed by atoms with Crippen LogP contribution in [0, 0.1) is 0 Å². The van der Waals surface area contributed by atoms with Gasteiger partial charge in [0, 0.05) is 18.6 Å². The molecule has 1 aromatic carbocycles. The maximum Gasteiger partial charge on any atom is 0.317 e. The lowest BCUT2D eigenvalue weighted by atomic mass is 9.85.